The van der Waals surface area contributed by atoms with Crippen molar-refractivity contribution < 1.29 is 4.79 Å². The normalized spacial score (nSPS) is 11.0. The Labute approximate surface area is 209 Å². The highest BCUT2D eigenvalue weighted by Gasteiger charge is 2.17. The molecule has 4 rings (SSSR count). The molecule has 6 nitrogen and oxygen atoms in total. The van der Waals surface area contributed by atoms with E-state index in [2.05, 4.69) is 45.4 Å². The number of anilines is 1. The van der Waals surface area contributed by atoms with E-state index >= 15 is 0 Å². The predicted octanol–water partition coefficient (Wildman–Crippen LogP) is 6.65. The third-order valence-corrected chi connectivity index (χ3v) is 7.63. The molecular formula is C23H22ClN5OS3. The van der Waals surface area contributed by atoms with E-state index in [1.165, 1.54) is 28.0 Å². The van der Waals surface area contributed by atoms with Crippen LogP contribution in [-0.4, -0.2) is 31.4 Å². The van der Waals surface area contributed by atoms with Crippen LogP contribution in [0.25, 0.3) is 22.6 Å². The minimum Gasteiger partial charge on any atom is -0.301 e. The van der Waals surface area contributed by atoms with Gasteiger partial charge in [-0.1, -0.05) is 54.9 Å². The first-order valence-corrected chi connectivity index (χ1v) is 13.5. The standard InChI is InChI=1S/C23H22ClN5OS3/c1-3-5-18-11-16(12-31-18)21-27-28-23(29(21)10-4-2)33-14-20(30)26-22-25-19(13-32-22)15-6-8-17(24)9-7-15/h4,6-9,11-13H,2-3,5,10,14H2,1H3,(H,25,26,30). The van der Waals surface area contributed by atoms with Gasteiger partial charge in [-0.3, -0.25) is 9.36 Å². The Kier molecular flexibility index (Phi) is 7.97. The summed E-state index contributed by atoms with van der Waals surface area (Å²) in [6.45, 7) is 6.59. The van der Waals surface area contributed by atoms with Gasteiger partial charge in [-0.25, -0.2) is 4.98 Å². The zero-order valence-corrected chi connectivity index (χ0v) is 21.2. The summed E-state index contributed by atoms with van der Waals surface area (Å²) in [7, 11) is 0. The Bertz CT molecular complexity index is 1250. The van der Waals surface area contributed by atoms with Gasteiger partial charge in [-0.05, 0) is 24.6 Å². The van der Waals surface area contributed by atoms with Crippen LogP contribution in [0, 0.1) is 0 Å². The summed E-state index contributed by atoms with van der Waals surface area (Å²) in [6, 6.07) is 9.61. The number of nitrogens with one attached hydrogen (secondary N) is 1. The van der Waals surface area contributed by atoms with Crippen molar-refractivity contribution in [3.05, 3.63) is 63.6 Å². The summed E-state index contributed by atoms with van der Waals surface area (Å²) in [6.07, 6.45) is 3.97. The minimum absolute atomic E-state index is 0.146. The number of thioether (sulfide) groups is 1. The molecule has 0 spiro atoms. The van der Waals surface area contributed by atoms with Crippen molar-refractivity contribution in [3.8, 4) is 22.6 Å². The van der Waals surface area contributed by atoms with E-state index in [9.17, 15) is 4.79 Å². The Hall–Kier alpha value is -2.46. The van der Waals surface area contributed by atoms with Crippen LogP contribution in [0.4, 0.5) is 5.13 Å². The van der Waals surface area contributed by atoms with Crippen molar-refractivity contribution in [2.45, 2.75) is 31.5 Å². The first kappa shape index (κ1) is 23.7. The van der Waals surface area contributed by atoms with Crippen LogP contribution in [0.1, 0.15) is 18.2 Å². The monoisotopic (exact) mass is 515 g/mol. The summed E-state index contributed by atoms with van der Waals surface area (Å²) < 4.78 is 1.99. The first-order chi connectivity index (χ1) is 16.1. The molecule has 0 radical (unpaired) electrons. The number of carbonyl (C=O) groups is 1. The van der Waals surface area contributed by atoms with Gasteiger partial charge in [0.1, 0.15) is 0 Å². The van der Waals surface area contributed by atoms with E-state index in [-0.39, 0.29) is 11.7 Å². The maximum Gasteiger partial charge on any atom is 0.236 e. The number of halogens is 1. The lowest BCUT2D eigenvalue weighted by Crippen LogP contribution is -2.14. The number of carbonyl (C=O) groups excluding carboxylic acids is 1. The Morgan fingerprint density at radius 2 is 2.03 bits per heavy atom. The number of thiazole rings is 1. The number of allylic oxidation sites excluding steroid dienone is 1. The molecule has 0 fully saturated rings. The Morgan fingerprint density at radius 1 is 1.21 bits per heavy atom. The highest BCUT2D eigenvalue weighted by Crippen LogP contribution is 2.29. The van der Waals surface area contributed by atoms with Crippen LogP contribution in [0.2, 0.25) is 5.02 Å². The molecule has 0 saturated carbocycles. The lowest BCUT2D eigenvalue weighted by atomic mass is 10.2. The average Bonchev–Trinajstić information content (AvgIpc) is 3.54. The van der Waals surface area contributed by atoms with Gasteiger partial charge in [0.25, 0.3) is 0 Å². The molecule has 3 aromatic heterocycles. The lowest BCUT2D eigenvalue weighted by Gasteiger charge is -2.06. The molecule has 4 aromatic rings. The van der Waals surface area contributed by atoms with Crippen molar-refractivity contribution in [3.63, 3.8) is 0 Å². The molecule has 1 N–H and O–H groups in total. The topological polar surface area (TPSA) is 72.7 Å². The second-order valence-electron chi connectivity index (χ2n) is 7.14. The molecule has 0 saturated heterocycles. The average molecular weight is 516 g/mol. The second kappa shape index (κ2) is 11.1. The van der Waals surface area contributed by atoms with E-state index in [1.807, 2.05) is 40.3 Å². The van der Waals surface area contributed by atoms with Gasteiger partial charge >= 0.3 is 0 Å². The quantitative estimate of drug-likeness (QED) is 0.189. The number of rotatable bonds is 10. The molecule has 0 bridgehead atoms. The molecule has 0 unspecified atom stereocenters. The van der Waals surface area contributed by atoms with Gasteiger partial charge in [-0.15, -0.1) is 39.4 Å². The second-order valence-corrected chi connectivity index (χ2v) is 10.4. The van der Waals surface area contributed by atoms with Crippen LogP contribution < -0.4 is 5.32 Å². The van der Waals surface area contributed by atoms with Gasteiger partial charge in [-0.2, -0.15) is 0 Å². The molecule has 1 aromatic carbocycles. The number of aromatic nitrogens is 4. The fraction of sp³-hybridized carbons (Fsp3) is 0.217. The number of hydrogen-bond acceptors (Lipinski definition) is 7. The summed E-state index contributed by atoms with van der Waals surface area (Å²) >= 11 is 10.4. The van der Waals surface area contributed by atoms with Crippen molar-refractivity contribution in [1.82, 2.24) is 19.7 Å². The first-order valence-electron chi connectivity index (χ1n) is 10.3. The van der Waals surface area contributed by atoms with E-state index in [0.717, 1.165) is 35.5 Å². The molecule has 0 aliphatic carbocycles. The summed E-state index contributed by atoms with van der Waals surface area (Å²) in [5.74, 6) is 0.854. The van der Waals surface area contributed by atoms with Crippen LogP contribution in [-0.2, 0) is 17.8 Å². The smallest absolute Gasteiger partial charge is 0.236 e. The number of amides is 1. The largest absolute Gasteiger partial charge is 0.301 e. The van der Waals surface area contributed by atoms with E-state index in [0.29, 0.717) is 21.9 Å². The fourth-order valence-electron chi connectivity index (χ4n) is 3.15. The number of nitrogens with zero attached hydrogens (tertiary/aromatic N) is 4. The van der Waals surface area contributed by atoms with E-state index in [1.54, 1.807) is 11.3 Å². The molecule has 0 aliphatic heterocycles. The maximum atomic E-state index is 12.5. The van der Waals surface area contributed by atoms with Gasteiger partial charge < -0.3 is 5.32 Å². The minimum atomic E-state index is -0.146. The molecular weight excluding hydrogens is 494 g/mol. The van der Waals surface area contributed by atoms with Crippen LogP contribution in [0.3, 0.4) is 0 Å². The van der Waals surface area contributed by atoms with Crippen LogP contribution in [0.5, 0.6) is 0 Å². The molecule has 0 atom stereocenters. The van der Waals surface area contributed by atoms with Crippen molar-refractivity contribution in [1.29, 1.82) is 0 Å². The predicted molar refractivity (Wildman–Crippen MR) is 139 cm³/mol. The SMILES string of the molecule is C=CCn1c(SCC(=O)Nc2nc(-c3ccc(Cl)cc3)cs2)nnc1-c1csc(CCC)c1. The summed E-state index contributed by atoms with van der Waals surface area (Å²) in [5.41, 5.74) is 2.80. The van der Waals surface area contributed by atoms with Crippen LogP contribution >= 0.6 is 46.0 Å². The molecule has 33 heavy (non-hydrogen) atoms. The lowest BCUT2D eigenvalue weighted by molar-refractivity contribution is -0.113. The van der Waals surface area contributed by atoms with Crippen molar-refractivity contribution >= 4 is 57.1 Å². The van der Waals surface area contributed by atoms with Gasteiger partial charge in [0.2, 0.25) is 5.91 Å². The highest BCUT2D eigenvalue weighted by atomic mass is 35.5. The molecule has 0 aliphatic rings. The zero-order valence-electron chi connectivity index (χ0n) is 18.0. The third kappa shape index (κ3) is 5.92. The van der Waals surface area contributed by atoms with Crippen molar-refractivity contribution in [2.75, 3.05) is 11.1 Å². The van der Waals surface area contributed by atoms with E-state index in [4.69, 9.17) is 11.6 Å². The van der Waals surface area contributed by atoms with Crippen LogP contribution in [0.15, 0.2) is 58.9 Å². The number of benzene rings is 1. The summed E-state index contributed by atoms with van der Waals surface area (Å²) in [5, 5.41) is 17.5. The number of hydrogen-bond donors (Lipinski definition) is 1. The Morgan fingerprint density at radius 3 is 2.79 bits per heavy atom. The van der Waals surface area contributed by atoms with Gasteiger partial charge in [0, 0.05) is 38.3 Å². The highest BCUT2D eigenvalue weighted by molar-refractivity contribution is 7.99. The number of thiophene rings is 1. The maximum absolute atomic E-state index is 12.5. The fourth-order valence-corrected chi connectivity index (χ4v) is 5.73. The van der Waals surface area contributed by atoms with Crippen molar-refractivity contribution in [2.24, 2.45) is 0 Å². The molecule has 3 heterocycles. The molecule has 10 heteroatoms. The van der Waals surface area contributed by atoms with E-state index < -0.39 is 0 Å². The summed E-state index contributed by atoms with van der Waals surface area (Å²) in [4.78, 5) is 18.4. The molecule has 170 valence electrons. The molecule has 1 amide bonds. The van der Waals surface area contributed by atoms with Gasteiger partial charge in [0.15, 0.2) is 16.1 Å². The Balaban J connectivity index is 1.40. The van der Waals surface area contributed by atoms with Gasteiger partial charge in [0.05, 0.1) is 11.4 Å². The third-order valence-electron chi connectivity index (χ3n) is 4.66. The number of aryl methyl sites for hydroxylation is 1. The zero-order chi connectivity index (χ0) is 23.2.